The molecule has 6 aromatic carbocycles. The highest BCUT2D eigenvalue weighted by Crippen LogP contribution is 2.50. The summed E-state index contributed by atoms with van der Waals surface area (Å²) >= 11 is 0. The fourth-order valence-electron chi connectivity index (χ4n) is 5.61. The van der Waals surface area contributed by atoms with E-state index in [2.05, 4.69) is 0 Å². The van der Waals surface area contributed by atoms with Crippen molar-refractivity contribution in [2.24, 2.45) is 0 Å². The second-order valence-electron chi connectivity index (χ2n) is 9.79. The van der Waals surface area contributed by atoms with Gasteiger partial charge in [-0.3, -0.25) is 0 Å². The lowest BCUT2D eigenvalue weighted by Crippen LogP contribution is -1.97. The average Bonchev–Trinajstić information content (AvgIpc) is 2.95. The van der Waals surface area contributed by atoms with Crippen molar-refractivity contribution in [1.29, 1.82) is 0 Å². The first kappa shape index (κ1) is 23.7. The van der Waals surface area contributed by atoms with E-state index >= 15 is 0 Å². The van der Waals surface area contributed by atoms with Crippen LogP contribution in [-0.2, 0) is 0 Å². The first-order chi connectivity index (χ1) is 19.5. The molecule has 1 aliphatic rings. The summed E-state index contributed by atoms with van der Waals surface area (Å²) < 4.78 is 11.9. The van der Waals surface area contributed by atoms with Gasteiger partial charge in [-0.2, -0.15) is 0 Å². The van der Waals surface area contributed by atoms with Crippen LogP contribution in [0.1, 0.15) is 0 Å². The third kappa shape index (κ3) is 3.73. The van der Waals surface area contributed by atoms with Gasteiger partial charge >= 0.3 is 0 Å². The molecule has 8 bridgehead atoms. The molecule has 6 nitrogen and oxygen atoms in total. The van der Waals surface area contributed by atoms with Crippen LogP contribution in [0.2, 0.25) is 0 Å². The zero-order valence-corrected chi connectivity index (χ0v) is 21.3. The van der Waals surface area contributed by atoms with Gasteiger partial charge in [-0.05, 0) is 105 Å². The van der Waals surface area contributed by atoms with Gasteiger partial charge in [-0.25, -0.2) is 0 Å². The number of aromatic hydroxyl groups is 4. The second kappa shape index (κ2) is 9.13. The van der Waals surface area contributed by atoms with Gasteiger partial charge < -0.3 is 29.9 Å². The van der Waals surface area contributed by atoms with E-state index in [-0.39, 0.29) is 23.0 Å². The molecule has 0 spiro atoms. The summed E-state index contributed by atoms with van der Waals surface area (Å²) in [5.41, 5.74) is 1.70. The Labute approximate surface area is 229 Å². The van der Waals surface area contributed by atoms with Crippen molar-refractivity contribution in [3.05, 3.63) is 97.1 Å². The molecule has 0 aromatic heterocycles. The molecule has 0 aliphatic carbocycles. The molecule has 6 aromatic rings. The highest BCUT2D eigenvalue weighted by molar-refractivity contribution is 6.16. The van der Waals surface area contributed by atoms with Crippen molar-refractivity contribution in [3.8, 4) is 56.8 Å². The molecule has 0 unspecified atom stereocenters. The van der Waals surface area contributed by atoms with Gasteiger partial charge in [0.05, 0.1) is 0 Å². The van der Waals surface area contributed by atoms with E-state index in [9.17, 15) is 20.4 Å². The van der Waals surface area contributed by atoms with E-state index in [1.165, 1.54) is 0 Å². The largest absolute Gasteiger partial charge is 0.507 e. The van der Waals surface area contributed by atoms with Gasteiger partial charge in [0.15, 0.2) is 0 Å². The van der Waals surface area contributed by atoms with Crippen molar-refractivity contribution in [2.75, 3.05) is 13.2 Å². The minimum absolute atomic E-state index is 0.00817. The van der Waals surface area contributed by atoms with Crippen LogP contribution >= 0.6 is 0 Å². The predicted molar refractivity (Wildman–Crippen MR) is 157 cm³/mol. The zero-order valence-electron chi connectivity index (χ0n) is 21.3. The summed E-state index contributed by atoms with van der Waals surface area (Å²) in [6.45, 7) is 0.641. The maximum Gasteiger partial charge on any atom is 0.124 e. The minimum atomic E-state index is -0.0339. The maximum atomic E-state index is 11.2. The Morgan fingerprint density at radius 2 is 0.750 bits per heavy atom. The van der Waals surface area contributed by atoms with E-state index in [1.54, 1.807) is 36.4 Å². The van der Waals surface area contributed by atoms with Crippen LogP contribution < -0.4 is 9.47 Å². The standard InChI is InChI=1S/C34H24O6/c35-27-11-5-19-3-7-21-17-25(19)33(27)31-23-9-14-30(38)32(24(23)10-13-29(31)37)34-26-18-22(40-16-2-1-15-39-21)8-4-20(26)6-12-28(34)36/h1-14,17-18,35-38H,15-16H2/b2-1-. The lowest BCUT2D eigenvalue weighted by molar-refractivity contribution is 0.351. The number of phenols is 4. The smallest absolute Gasteiger partial charge is 0.124 e. The fraction of sp³-hybridized carbons (Fsp3) is 0.0588. The van der Waals surface area contributed by atoms with Gasteiger partial charge in [0.1, 0.15) is 47.7 Å². The van der Waals surface area contributed by atoms with Crippen LogP contribution in [0.15, 0.2) is 97.1 Å². The van der Waals surface area contributed by atoms with Gasteiger partial charge in [0.25, 0.3) is 0 Å². The quantitative estimate of drug-likeness (QED) is 0.151. The van der Waals surface area contributed by atoms with E-state index in [4.69, 9.17) is 9.47 Å². The minimum Gasteiger partial charge on any atom is -0.507 e. The summed E-state index contributed by atoms with van der Waals surface area (Å²) in [6.07, 6.45) is 3.73. The van der Waals surface area contributed by atoms with E-state index in [0.29, 0.717) is 68.5 Å². The third-order valence-corrected chi connectivity index (χ3v) is 7.46. The van der Waals surface area contributed by atoms with E-state index < -0.39 is 0 Å². The number of hydrogen-bond acceptors (Lipinski definition) is 6. The molecule has 0 radical (unpaired) electrons. The summed E-state index contributed by atoms with van der Waals surface area (Å²) in [6, 6.07) is 24.5. The molecule has 6 heteroatoms. The van der Waals surface area contributed by atoms with Crippen LogP contribution in [0, 0.1) is 0 Å². The zero-order chi connectivity index (χ0) is 27.4. The number of fused-ring (bicyclic) bond motifs is 4. The van der Waals surface area contributed by atoms with Crippen molar-refractivity contribution >= 4 is 32.3 Å². The van der Waals surface area contributed by atoms with E-state index in [1.807, 2.05) is 60.7 Å². The summed E-state index contributed by atoms with van der Waals surface area (Å²) in [5, 5.41) is 49.0. The second-order valence-corrected chi connectivity index (χ2v) is 9.79. The monoisotopic (exact) mass is 528 g/mol. The van der Waals surface area contributed by atoms with Crippen LogP contribution in [-0.4, -0.2) is 33.6 Å². The van der Waals surface area contributed by atoms with Gasteiger partial charge in [0.2, 0.25) is 0 Å². The lowest BCUT2D eigenvalue weighted by atomic mass is 9.87. The predicted octanol–water partition coefficient (Wildman–Crippen LogP) is 7.63. The highest BCUT2D eigenvalue weighted by atomic mass is 16.5. The molecule has 1 heterocycles. The maximum absolute atomic E-state index is 11.2. The molecule has 1 aliphatic heterocycles. The molecule has 0 amide bonds. The summed E-state index contributed by atoms with van der Waals surface area (Å²) in [5.74, 6) is 1.13. The number of phenolic OH excluding ortho intramolecular Hbond substituents is 4. The van der Waals surface area contributed by atoms with Crippen molar-refractivity contribution in [2.45, 2.75) is 0 Å². The topological polar surface area (TPSA) is 99.4 Å². The summed E-state index contributed by atoms with van der Waals surface area (Å²) in [4.78, 5) is 0. The molecule has 0 saturated carbocycles. The van der Waals surface area contributed by atoms with Crippen molar-refractivity contribution in [3.63, 3.8) is 0 Å². The first-order valence-electron chi connectivity index (χ1n) is 12.9. The SMILES string of the molecule is Oc1ccc2ccc3cc2c1-c1c(O)ccc2c(c(O)ccc12)-c1c(O)ccc2ccc(cc12)OC/C=C\CO3. The Kier molecular flexibility index (Phi) is 5.42. The molecule has 0 atom stereocenters. The van der Waals surface area contributed by atoms with Crippen LogP contribution in [0.3, 0.4) is 0 Å². The van der Waals surface area contributed by atoms with Crippen LogP contribution in [0.5, 0.6) is 34.5 Å². The van der Waals surface area contributed by atoms with Gasteiger partial charge in [-0.1, -0.05) is 24.3 Å². The average molecular weight is 529 g/mol. The molecule has 0 saturated heterocycles. The lowest BCUT2D eigenvalue weighted by Gasteiger charge is -2.19. The molecular formula is C34H24O6. The third-order valence-electron chi connectivity index (χ3n) is 7.46. The Balaban J connectivity index is 1.64. The Morgan fingerprint density at radius 3 is 1.18 bits per heavy atom. The Hall–Kier alpha value is -5.36. The Morgan fingerprint density at radius 1 is 0.400 bits per heavy atom. The number of hydrogen-bond donors (Lipinski definition) is 4. The van der Waals surface area contributed by atoms with Gasteiger partial charge in [0, 0.05) is 22.3 Å². The molecule has 7 rings (SSSR count). The van der Waals surface area contributed by atoms with Crippen molar-refractivity contribution in [1.82, 2.24) is 0 Å². The van der Waals surface area contributed by atoms with E-state index in [0.717, 1.165) is 10.8 Å². The number of benzene rings is 6. The number of rotatable bonds is 0. The Bertz CT molecular complexity index is 1860. The highest BCUT2D eigenvalue weighted by Gasteiger charge is 2.22. The van der Waals surface area contributed by atoms with Crippen molar-refractivity contribution < 1.29 is 29.9 Å². The fourth-order valence-corrected chi connectivity index (χ4v) is 5.61. The summed E-state index contributed by atoms with van der Waals surface area (Å²) in [7, 11) is 0. The first-order valence-corrected chi connectivity index (χ1v) is 12.9. The molecule has 4 N–H and O–H groups in total. The molecule has 196 valence electrons. The molecular weight excluding hydrogens is 504 g/mol. The number of ether oxygens (including phenoxy) is 2. The molecule has 40 heavy (non-hydrogen) atoms. The normalized spacial score (nSPS) is 13.8. The van der Waals surface area contributed by atoms with Gasteiger partial charge in [-0.15, -0.1) is 0 Å². The van der Waals surface area contributed by atoms with Crippen LogP contribution in [0.4, 0.5) is 0 Å². The molecule has 0 fully saturated rings. The van der Waals surface area contributed by atoms with Crippen LogP contribution in [0.25, 0.3) is 54.6 Å².